The third kappa shape index (κ3) is 2.30. The van der Waals surface area contributed by atoms with Crippen molar-refractivity contribution in [2.45, 2.75) is 13.8 Å². The lowest BCUT2D eigenvalue weighted by molar-refractivity contribution is 1.03. The number of aromatic nitrogens is 3. The molecule has 3 aromatic rings. The molecule has 20 heavy (non-hydrogen) atoms. The van der Waals surface area contributed by atoms with Crippen LogP contribution in [0.5, 0.6) is 0 Å². The van der Waals surface area contributed by atoms with Crippen LogP contribution >= 0.6 is 12.2 Å². The number of hydrogen-bond donors (Lipinski definition) is 1. The van der Waals surface area contributed by atoms with Crippen molar-refractivity contribution in [1.29, 1.82) is 0 Å². The highest BCUT2D eigenvalue weighted by molar-refractivity contribution is 7.71. The van der Waals surface area contributed by atoms with Crippen LogP contribution in [0.4, 0.5) is 0 Å². The van der Waals surface area contributed by atoms with Crippen LogP contribution in [0.15, 0.2) is 48.5 Å². The number of aryl methyl sites for hydroxylation is 2. The molecular formula is C16H15N3S. The number of nitrogens with zero attached hydrogens (tertiary/aromatic N) is 2. The zero-order valence-corrected chi connectivity index (χ0v) is 12.2. The summed E-state index contributed by atoms with van der Waals surface area (Å²) >= 11 is 5.38. The molecule has 0 radical (unpaired) electrons. The van der Waals surface area contributed by atoms with E-state index in [0.717, 1.165) is 17.1 Å². The molecule has 3 rings (SSSR count). The van der Waals surface area contributed by atoms with Crippen molar-refractivity contribution in [2.24, 2.45) is 0 Å². The Morgan fingerprint density at radius 3 is 2.40 bits per heavy atom. The van der Waals surface area contributed by atoms with Crippen LogP contribution in [0, 0.1) is 18.6 Å². The smallest absolute Gasteiger partial charge is 0.200 e. The molecule has 3 nitrogen and oxygen atoms in total. The maximum Gasteiger partial charge on any atom is 0.200 e. The number of aromatic amines is 1. The zero-order valence-electron chi connectivity index (χ0n) is 11.4. The molecule has 0 saturated carbocycles. The third-order valence-corrected chi connectivity index (χ3v) is 3.48. The SMILES string of the molecule is Cc1cccc(-c2n[nH]c(=S)n2-c2cccc(C)c2)c1. The molecule has 1 N–H and O–H groups in total. The predicted molar refractivity (Wildman–Crippen MR) is 83.7 cm³/mol. The zero-order chi connectivity index (χ0) is 14.1. The summed E-state index contributed by atoms with van der Waals surface area (Å²) in [7, 11) is 0. The first-order valence-corrected chi connectivity index (χ1v) is 6.87. The van der Waals surface area contributed by atoms with Gasteiger partial charge in [-0.1, -0.05) is 35.9 Å². The Morgan fingerprint density at radius 1 is 1.00 bits per heavy atom. The number of rotatable bonds is 2. The summed E-state index contributed by atoms with van der Waals surface area (Å²) in [5.74, 6) is 0.837. The second kappa shape index (κ2) is 5.06. The van der Waals surface area contributed by atoms with Crippen molar-refractivity contribution in [3.63, 3.8) is 0 Å². The summed E-state index contributed by atoms with van der Waals surface area (Å²) in [6, 6.07) is 16.5. The van der Waals surface area contributed by atoms with Crippen molar-refractivity contribution in [2.75, 3.05) is 0 Å². The molecule has 0 saturated heterocycles. The topological polar surface area (TPSA) is 33.6 Å². The first kappa shape index (κ1) is 12.8. The molecule has 0 bridgehead atoms. The van der Waals surface area contributed by atoms with E-state index in [1.165, 1.54) is 11.1 Å². The van der Waals surface area contributed by atoms with Crippen molar-refractivity contribution < 1.29 is 0 Å². The Balaban J connectivity index is 2.23. The molecule has 1 heterocycles. The van der Waals surface area contributed by atoms with Crippen LogP contribution in [0.25, 0.3) is 17.1 Å². The maximum absolute atomic E-state index is 5.38. The van der Waals surface area contributed by atoms with Gasteiger partial charge in [0, 0.05) is 5.56 Å². The summed E-state index contributed by atoms with van der Waals surface area (Å²) in [6.45, 7) is 4.14. The van der Waals surface area contributed by atoms with Gasteiger partial charge in [0.2, 0.25) is 0 Å². The van der Waals surface area contributed by atoms with Gasteiger partial charge >= 0.3 is 0 Å². The Morgan fingerprint density at radius 2 is 1.70 bits per heavy atom. The minimum absolute atomic E-state index is 0.604. The minimum atomic E-state index is 0.604. The van der Waals surface area contributed by atoms with Gasteiger partial charge in [0.05, 0.1) is 5.69 Å². The molecule has 0 spiro atoms. The molecule has 2 aromatic carbocycles. The van der Waals surface area contributed by atoms with E-state index in [0.29, 0.717) is 4.77 Å². The highest BCUT2D eigenvalue weighted by atomic mass is 32.1. The average Bonchev–Trinajstić information content (AvgIpc) is 2.80. The van der Waals surface area contributed by atoms with E-state index in [1.807, 2.05) is 28.8 Å². The first-order chi connectivity index (χ1) is 9.65. The summed E-state index contributed by atoms with van der Waals surface area (Å²) in [6.07, 6.45) is 0. The van der Waals surface area contributed by atoms with Crippen LogP contribution < -0.4 is 0 Å². The van der Waals surface area contributed by atoms with E-state index < -0.39 is 0 Å². The quantitative estimate of drug-likeness (QED) is 0.714. The van der Waals surface area contributed by atoms with Gasteiger partial charge in [-0.15, -0.1) is 0 Å². The fourth-order valence-electron chi connectivity index (χ4n) is 2.28. The van der Waals surface area contributed by atoms with Gasteiger partial charge in [-0.05, 0) is 49.8 Å². The van der Waals surface area contributed by atoms with Crippen molar-refractivity contribution in [3.8, 4) is 17.1 Å². The van der Waals surface area contributed by atoms with Crippen LogP contribution in [-0.2, 0) is 0 Å². The third-order valence-electron chi connectivity index (χ3n) is 3.21. The van der Waals surface area contributed by atoms with Gasteiger partial charge in [0.25, 0.3) is 0 Å². The fraction of sp³-hybridized carbons (Fsp3) is 0.125. The maximum atomic E-state index is 5.38. The first-order valence-electron chi connectivity index (χ1n) is 6.46. The Bertz CT molecular complexity index is 814. The van der Waals surface area contributed by atoms with Gasteiger partial charge in [-0.2, -0.15) is 5.10 Å². The second-order valence-electron chi connectivity index (χ2n) is 4.90. The highest BCUT2D eigenvalue weighted by Crippen LogP contribution is 2.22. The largest absolute Gasteiger partial charge is 0.268 e. The van der Waals surface area contributed by atoms with Crippen LogP contribution in [-0.4, -0.2) is 14.8 Å². The highest BCUT2D eigenvalue weighted by Gasteiger charge is 2.10. The van der Waals surface area contributed by atoms with Crippen LogP contribution in [0.3, 0.4) is 0 Å². The van der Waals surface area contributed by atoms with E-state index in [4.69, 9.17) is 12.2 Å². The average molecular weight is 281 g/mol. The van der Waals surface area contributed by atoms with E-state index >= 15 is 0 Å². The Hall–Kier alpha value is -2.20. The van der Waals surface area contributed by atoms with E-state index in [1.54, 1.807) is 0 Å². The fourth-order valence-corrected chi connectivity index (χ4v) is 2.52. The van der Waals surface area contributed by atoms with Crippen molar-refractivity contribution >= 4 is 12.2 Å². The number of H-pyrrole nitrogens is 1. The Labute approximate surface area is 122 Å². The minimum Gasteiger partial charge on any atom is -0.268 e. The van der Waals surface area contributed by atoms with Gasteiger partial charge in [0.15, 0.2) is 10.6 Å². The van der Waals surface area contributed by atoms with Crippen molar-refractivity contribution in [3.05, 3.63) is 64.4 Å². The van der Waals surface area contributed by atoms with E-state index in [9.17, 15) is 0 Å². The standard InChI is InChI=1S/C16H15N3S/c1-11-5-3-7-13(9-11)15-17-18-16(20)19(15)14-8-4-6-12(2)10-14/h3-10H,1-2H3,(H,18,20). The summed E-state index contributed by atoms with van der Waals surface area (Å²) in [5, 5.41) is 7.27. The summed E-state index contributed by atoms with van der Waals surface area (Å²) in [4.78, 5) is 0. The molecule has 0 aliphatic rings. The normalized spacial score (nSPS) is 10.7. The van der Waals surface area contributed by atoms with Gasteiger partial charge in [0.1, 0.15) is 0 Å². The molecule has 0 aliphatic carbocycles. The monoisotopic (exact) mass is 281 g/mol. The van der Waals surface area contributed by atoms with Gasteiger partial charge in [-0.3, -0.25) is 9.67 Å². The molecule has 100 valence electrons. The van der Waals surface area contributed by atoms with Gasteiger partial charge in [-0.25, -0.2) is 0 Å². The van der Waals surface area contributed by atoms with Crippen LogP contribution in [0.1, 0.15) is 11.1 Å². The molecular weight excluding hydrogens is 266 g/mol. The van der Waals surface area contributed by atoms with E-state index in [2.05, 4.69) is 48.3 Å². The lowest BCUT2D eigenvalue weighted by atomic mass is 10.1. The molecule has 0 unspecified atom stereocenters. The lowest BCUT2D eigenvalue weighted by Crippen LogP contribution is -1.98. The molecule has 0 aliphatic heterocycles. The molecule has 4 heteroatoms. The number of nitrogens with one attached hydrogen (secondary N) is 1. The Kier molecular flexibility index (Phi) is 3.24. The molecule has 0 amide bonds. The predicted octanol–water partition coefficient (Wildman–Crippen LogP) is 4.21. The van der Waals surface area contributed by atoms with Gasteiger partial charge < -0.3 is 0 Å². The number of benzene rings is 2. The summed E-state index contributed by atoms with van der Waals surface area (Å²) in [5.41, 5.74) is 4.48. The summed E-state index contributed by atoms with van der Waals surface area (Å²) < 4.78 is 2.57. The molecule has 0 atom stereocenters. The lowest BCUT2D eigenvalue weighted by Gasteiger charge is -2.08. The molecule has 0 fully saturated rings. The molecule has 1 aromatic heterocycles. The second-order valence-corrected chi connectivity index (χ2v) is 5.28. The van der Waals surface area contributed by atoms with Crippen molar-refractivity contribution in [1.82, 2.24) is 14.8 Å². The van der Waals surface area contributed by atoms with E-state index in [-0.39, 0.29) is 0 Å². The number of hydrogen-bond acceptors (Lipinski definition) is 2. The van der Waals surface area contributed by atoms with Crippen LogP contribution in [0.2, 0.25) is 0 Å².